The van der Waals surface area contributed by atoms with Gasteiger partial charge in [-0.15, -0.1) is 0 Å². The van der Waals surface area contributed by atoms with E-state index in [4.69, 9.17) is 16.3 Å². The van der Waals surface area contributed by atoms with Gasteiger partial charge in [-0.2, -0.15) is 0 Å². The Morgan fingerprint density at radius 1 is 1.19 bits per heavy atom. The van der Waals surface area contributed by atoms with Crippen molar-refractivity contribution >= 4 is 35.2 Å². The maximum Gasteiger partial charge on any atom is 0.246 e. The summed E-state index contributed by atoms with van der Waals surface area (Å²) in [5, 5.41) is 15.2. The van der Waals surface area contributed by atoms with Gasteiger partial charge in [0.25, 0.3) is 0 Å². The van der Waals surface area contributed by atoms with Crippen LogP contribution in [0.25, 0.3) is 6.08 Å². The van der Waals surface area contributed by atoms with Crippen LogP contribution in [0.1, 0.15) is 12.5 Å². The lowest BCUT2D eigenvalue weighted by atomic mass is 10.2. The first-order valence-electron chi connectivity index (χ1n) is 7.81. The Kier molecular flexibility index (Phi) is 6.63. The summed E-state index contributed by atoms with van der Waals surface area (Å²) in [4.78, 5) is 24.1. The molecular formula is C19H19ClN2O4. The van der Waals surface area contributed by atoms with E-state index in [1.165, 1.54) is 31.2 Å². The minimum absolute atomic E-state index is 0.110. The fourth-order valence-corrected chi connectivity index (χ4v) is 2.24. The second-order valence-electron chi connectivity index (χ2n) is 5.49. The zero-order chi connectivity index (χ0) is 19.1. The van der Waals surface area contributed by atoms with Crippen molar-refractivity contribution in [3.05, 3.63) is 59.1 Å². The largest absolute Gasteiger partial charge is 0.506 e. The Morgan fingerprint density at radius 2 is 1.88 bits per heavy atom. The van der Waals surface area contributed by atoms with Crippen molar-refractivity contribution in [1.82, 2.24) is 5.32 Å². The summed E-state index contributed by atoms with van der Waals surface area (Å²) in [7, 11) is 1.58. The lowest BCUT2D eigenvalue weighted by molar-refractivity contribution is -0.123. The molecule has 7 heteroatoms. The molecule has 0 aliphatic carbocycles. The Labute approximate surface area is 156 Å². The number of benzene rings is 2. The van der Waals surface area contributed by atoms with E-state index in [0.29, 0.717) is 5.02 Å². The Balaban J connectivity index is 1.91. The van der Waals surface area contributed by atoms with Crippen molar-refractivity contribution in [2.75, 3.05) is 12.4 Å². The number of ether oxygens (including phenoxy) is 1. The van der Waals surface area contributed by atoms with Gasteiger partial charge >= 0.3 is 0 Å². The number of methoxy groups -OCH3 is 1. The van der Waals surface area contributed by atoms with Crippen molar-refractivity contribution in [1.29, 1.82) is 0 Å². The monoisotopic (exact) mass is 374 g/mol. The summed E-state index contributed by atoms with van der Waals surface area (Å²) in [6.45, 7) is 1.54. The minimum atomic E-state index is -0.804. The van der Waals surface area contributed by atoms with Gasteiger partial charge < -0.3 is 20.5 Å². The van der Waals surface area contributed by atoms with Crippen LogP contribution < -0.4 is 15.4 Å². The van der Waals surface area contributed by atoms with E-state index in [1.54, 1.807) is 37.5 Å². The number of phenols is 1. The number of carbonyl (C=O) groups is 2. The van der Waals surface area contributed by atoms with Gasteiger partial charge in [-0.25, -0.2) is 0 Å². The summed E-state index contributed by atoms with van der Waals surface area (Å²) >= 11 is 5.83. The Hall–Kier alpha value is -2.99. The summed E-state index contributed by atoms with van der Waals surface area (Å²) in [6, 6.07) is 10.7. The van der Waals surface area contributed by atoms with Crippen LogP contribution in [-0.2, 0) is 9.59 Å². The molecule has 2 amide bonds. The van der Waals surface area contributed by atoms with E-state index in [-0.39, 0.29) is 11.4 Å². The molecule has 0 bridgehead atoms. The van der Waals surface area contributed by atoms with Crippen LogP contribution in [0.2, 0.25) is 5.02 Å². The molecule has 0 fully saturated rings. The van der Waals surface area contributed by atoms with E-state index < -0.39 is 17.9 Å². The van der Waals surface area contributed by atoms with Crippen LogP contribution in [-0.4, -0.2) is 30.1 Å². The predicted molar refractivity (Wildman–Crippen MR) is 101 cm³/mol. The highest BCUT2D eigenvalue weighted by Crippen LogP contribution is 2.26. The number of carbonyl (C=O) groups excluding carboxylic acids is 2. The molecule has 0 aliphatic heterocycles. The third-order valence-corrected chi connectivity index (χ3v) is 3.75. The molecule has 2 rings (SSSR count). The minimum Gasteiger partial charge on any atom is -0.506 e. The van der Waals surface area contributed by atoms with Gasteiger partial charge in [0.15, 0.2) is 0 Å². The number of hydrogen-bond acceptors (Lipinski definition) is 4. The molecule has 0 aliphatic rings. The van der Waals surface area contributed by atoms with Gasteiger partial charge in [0, 0.05) is 11.1 Å². The van der Waals surface area contributed by atoms with Crippen molar-refractivity contribution in [2.45, 2.75) is 13.0 Å². The highest BCUT2D eigenvalue weighted by atomic mass is 35.5. The molecule has 136 valence electrons. The van der Waals surface area contributed by atoms with Gasteiger partial charge in [-0.3, -0.25) is 9.59 Å². The van der Waals surface area contributed by atoms with E-state index in [1.807, 2.05) is 0 Å². The SMILES string of the molecule is COc1ccc(/C=C/C(=O)NC(C)C(=O)Nc2cc(Cl)ccc2O)cc1. The molecule has 0 spiro atoms. The molecule has 2 aromatic rings. The number of rotatable bonds is 6. The summed E-state index contributed by atoms with van der Waals surface area (Å²) in [5.74, 6) is -0.283. The summed E-state index contributed by atoms with van der Waals surface area (Å²) in [6.07, 6.45) is 2.96. The Bertz CT molecular complexity index is 819. The molecule has 26 heavy (non-hydrogen) atoms. The van der Waals surface area contributed by atoms with Crippen molar-refractivity contribution < 1.29 is 19.4 Å². The first-order valence-corrected chi connectivity index (χ1v) is 8.19. The predicted octanol–water partition coefficient (Wildman–Crippen LogP) is 3.21. The van der Waals surface area contributed by atoms with Gasteiger partial charge in [-0.05, 0) is 48.9 Å². The number of anilines is 1. The zero-order valence-electron chi connectivity index (χ0n) is 14.3. The maximum atomic E-state index is 12.1. The molecule has 0 aromatic heterocycles. The first-order chi connectivity index (χ1) is 12.4. The normalized spacial score (nSPS) is 11.8. The molecule has 1 atom stereocenters. The average Bonchev–Trinajstić information content (AvgIpc) is 2.63. The van der Waals surface area contributed by atoms with E-state index in [2.05, 4.69) is 10.6 Å². The van der Waals surface area contributed by atoms with Crippen molar-refractivity contribution in [2.24, 2.45) is 0 Å². The van der Waals surface area contributed by atoms with Crippen molar-refractivity contribution in [3.8, 4) is 11.5 Å². The van der Waals surface area contributed by atoms with Crippen LogP contribution in [0.3, 0.4) is 0 Å². The van der Waals surface area contributed by atoms with Gasteiger partial charge in [0.05, 0.1) is 12.8 Å². The quantitative estimate of drug-likeness (QED) is 0.535. The number of nitrogens with one attached hydrogen (secondary N) is 2. The van der Waals surface area contributed by atoms with Crippen LogP contribution in [0.5, 0.6) is 11.5 Å². The van der Waals surface area contributed by atoms with Gasteiger partial charge in [-0.1, -0.05) is 23.7 Å². The van der Waals surface area contributed by atoms with E-state index in [9.17, 15) is 14.7 Å². The highest BCUT2D eigenvalue weighted by molar-refractivity contribution is 6.31. The van der Waals surface area contributed by atoms with Crippen molar-refractivity contribution in [3.63, 3.8) is 0 Å². The molecule has 6 nitrogen and oxygen atoms in total. The van der Waals surface area contributed by atoms with Crippen LogP contribution in [0.4, 0.5) is 5.69 Å². The van der Waals surface area contributed by atoms with Gasteiger partial charge in [0.1, 0.15) is 17.5 Å². The molecule has 3 N–H and O–H groups in total. The molecule has 0 radical (unpaired) electrons. The lowest BCUT2D eigenvalue weighted by Crippen LogP contribution is -2.40. The Morgan fingerprint density at radius 3 is 2.54 bits per heavy atom. The molecule has 2 aromatic carbocycles. The number of aromatic hydroxyl groups is 1. The maximum absolute atomic E-state index is 12.1. The van der Waals surface area contributed by atoms with Crippen LogP contribution >= 0.6 is 11.6 Å². The third kappa shape index (κ3) is 5.53. The summed E-state index contributed by atoms with van der Waals surface area (Å²) in [5.41, 5.74) is 0.999. The fraction of sp³-hybridized carbons (Fsp3) is 0.158. The molecular weight excluding hydrogens is 356 g/mol. The second-order valence-corrected chi connectivity index (χ2v) is 5.92. The number of halogens is 1. The number of amides is 2. The smallest absolute Gasteiger partial charge is 0.246 e. The molecule has 0 saturated heterocycles. The highest BCUT2D eigenvalue weighted by Gasteiger charge is 2.16. The van der Waals surface area contributed by atoms with E-state index in [0.717, 1.165) is 11.3 Å². The zero-order valence-corrected chi connectivity index (χ0v) is 15.1. The number of phenolic OH excluding ortho intramolecular Hbond substituents is 1. The number of hydrogen-bond donors (Lipinski definition) is 3. The average molecular weight is 375 g/mol. The van der Waals surface area contributed by atoms with E-state index >= 15 is 0 Å². The lowest BCUT2D eigenvalue weighted by Gasteiger charge is -2.14. The second kappa shape index (κ2) is 8.92. The summed E-state index contributed by atoms with van der Waals surface area (Å²) < 4.78 is 5.06. The third-order valence-electron chi connectivity index (χ3n) is 3.51. The molecule has 1 unspecified atom stereocenters. The first kappa shape index (κ1) is 19.3. The molecule has 0 heterocycles. The fourth-order valence-electron chi connectivity index (χ4n) is 2.06. The standard InChI is InChI=1S/C19H19ClN2O4/c1-12(19(25)22-16-11-14(20)6-9-17(16)23)21-18(24)10-5-13-3-7-15(26-2)8-4-13/h3-12,23H,1-2H3,(H,21,24)(H,22,25)/b10-5+. The van der Waals surface area contributed by atoms with Crippen LogP contribution in [0.15, 0.2) is 48.5 Å². The molecule has 0 saturated carbocycles. The van der Waals surface area contributed by atoms with Crippen LogP contribution in [0, 0.1) is 0 Å². The topological polar surface area (TPSA) is 87.7 Å². The van der Waals surface area contributed by atoms with Gasteiger partial charge in [0.2, 0.25) is 11.8 Å².